The number of hydrogen-bond acceptors (Lipinski definition) is 2. The lowest BCUT2D eigenvalue weighted by molar-refractivity contribution is -0.817. The van der Waals surface area contributed by atoms with Gasteiger partial charge in [0.2, 0.25) is 0 Å². The highest BCUT2D eigenvalue weighted by atomic mass is 16.5. The zero-order valence-electron chi connectivity index (χ0n) is 6.92. The molecule has 0 saturated heterocycles. The van der Waals surface area contributed by atoms with E-state index in [1.165, 1.54) is 13.2 Å². The van der Waals surface area contributed by atoms with E-state index in [9.17, 15) is 4.79 Å². The smallest absolute Gasteiger partial charge is 0.307 e. The van der Waals surface area contributed by atoms with Crippen molar-refractivity contribution in [2.24, 2.45) is 0 Å². The summed E-state index contributed by atoms with van der Waals surface area (Å²) in [5.41, 5.74) is 0. The molecule has 0 aliphatic carbocycles. The molecule has 0 amide bonds. The van der Waals surface area contributed by atoms with Crippen LogP contribution in [0.2, 0.25) is 0 Å². The molecule has 0 aliphatic rings. The Hall–Kier alpha value is -0.830. The van der Waals surface area contributed by atoms with Crippen LogP contribution in [0.4, 0.5) is 0 Å². The number of carbonyl (C=O) groups excluding carboxylic acids is 1. The highest BCUT2D eigenvalue weighted by Crippen LogP contribution is 1.91. The SMILES string of the molecule is CC(=O)O/C=C/[N+](C)(C)C. The Morgan fingerprint density at radius 2 is 1.90 bits per heavy atom. The molecule has 0 atom stereocenters. The number of quaternary nitrogens is 1. The number of rotatable bonds is 2. The Labute approximate surface area is 61.5 Å². The summed E-state index contributed by atoms with van der Waals surface area (Å²) in [6.45, 7) is 1.38. The predicted octanol–water partition coefficient (Wildman–Crippen LogP) is 0.727. The molecule has 0 bridgehead atoms. The minimum atomic E-state index is -0.287. The monoisotopic (exact) mass is 144 g/mol. The highest BCUT2D eigenvalue weighted by Gasteiger charge is 1.99. The summed E-state index contributed by atoms with van der Waals surface area (Å²) >= 11 is 0. The summed E-state index contributed by atoms with van der Waals surface area (Å²) < 4.78 is 5.23. The van der Waals surface area contributed by atoms with Gasteiger partial charge in [0.25, 0.3) is 0 Å². The second kappa shape index (κ2) is 3.37. The van der Waals surface area contributed by atoms with Gasteiger partial charge in [-0.3, -0.25) is 4.79 Å². The predicted molar refractivity (Wildman–Crippen MR) is 38.9 cm³/mol. The average molecular weight is 144 g/mol. The van der Waals surface area contributed by atoms with Crippen LogP contribution in [0.5, 0.6) is 0 Å². The molecule has 0 rings (SSSR count). The maximum Gasteiger partial charge on any atom is 0.307 e. The second-order valence-corrected chi connectivity index (χ2v) is 3.01. The normalized spacial score (nSPS) is 12.0. The number of esters is 1. The fourth-order valence-corrected chi connectivity index (χ4v) is 0.309. The molecule has 0 heterocycles. The number of ether oxygens (including phenoxy) is 1. The third-order valence-corrected chi connectivity index (χ3v) is 0.742. The molecular formula is C7H14NO2+. The van der Waals surface area contributed by atoms with Crippen LogP contribution in [0, 0.1) is 0 Å². The summed E-state index contributed by atoms with van der Waals surface area (Å²) in [7, 11) is 5.92. The van der Waals surface area contributed by atoms with E-state index >= 15 is 0 Å². The Morgan fingerprint density at radius 1 is 1.40 bits per heavy atom. The molecular weight excluding hydrogens is 130 g/mol. The lowest BCUT2D eigenvalue weighted by Crippen LogP contribution is -2.26. The Balaban J connectivity index is 3.67. The topological polar surface area (TPSA) is 26.3 Å². The maximum absolute atomic E-state index is 10.2. The van der Waals surface area contributed by atoms with Crippen LogP contribution in [-0.4, -0.2) is 31.6 Å². The number of carbonyl (C=O) groups is 1. The zero-order valence-corrected chi connectivity index (χ0v) is 6.92. The van der Waals surface area contributed by atoms with Crippen LogP contribution >= 0.6 is 0 Å². The van der Waals surface area contributed by atoms with E-state index in [-0.39, 0.29) is 5.97 Å². The molecule has 0 aromatic carbocycles. The number of hydrogen-bond donors (Lipinski definition) is 0. The van der Waals surface area contributed by atoms with Gasteiger partial charge in [-0.25, -0.2) is 0 Å². The van der Waals surface area contributed by atoms with Gasteiger partial charge < -0.3 is 9.22 Å². The van der Waals surface area contributed by atoms with Gasteiger partial charge in [0.15, 0.2) is 0 Å². The van der Waals surface area contributed by atoms with Crippen LogP contribution in [0.25, 0.3) is 0 Å². The lowest BCUT2D eigenvalue weighted by Gasteiger charge is -2.16. The molecule has 10 heavy (non-hydrogen) atoms. The Bertz CT molecular complexity index is 144. The van der Waals surface area contributed by atoms with Crippen molar-refractivity contribution in [2.45, 2.75) is 6.92 Å². The van der Waals surface area contributed by atoms with E-state index in [2.05, 4.69) is 4.74 Å². The Morgan fingerprint density at radius 3 is 2.20 bits per heavy atom. The lowest BCUT2D eigenvalue weighted by atomic mass is 10.7. The maximum atomic E-state index is 10.2. The van der Waals surface area contributed by atoms with E-state index < -0.39 is 0 Å². The van der Waals surface area contributed by atoms with E-state index in [4.69, 9.17) is 0 Å². The molecule has 0 saturated carbocycles. The quantitative estimate of drug-likeness (QED) is 0.324. The molecule has 58 valence electrons. The zero-order chi connectivity index (χ0) is 8.20. The summed E-state index contributed by atoms with van der Waals surface area (Å²) in [4.78, 5) is 10.2. The molecule has 0 radical (unpaired) electrons. The fourth-order valence-electron chi connectivity index (χ4n) is 0.309. The molecule has 0 unspecified atom stereocenters. The first kappa shape index (κ1) is 9.17. The van der Waals surface area contributed by atoms with Crippen LogP contribution in [-0.2, 0) is 9.53 Å². The largest absolute Gasteiger partial charge is 0.429 e. The van der Waals surface area contributed by atoms with Gasteiger partial charge in [-0.2, -0.15) is 0 Å². The fraction of sp³-hybridized carbons (Fsp3) is 0.571. The van der Waals surface area contributed by atoms with E-state index in [1.807, 2.05) is 21.1 Å². The summed E-state index contributed by atoms with van der Waals surface area (Å²) in [6.07, 6.45) is 3.18. The molecule has 3 heteroatoms. The Kier molecular flexibility index (Phi) is 3.09. The molecule has 3 nitrogen and oxygen atoms in total. The van der Waals surface area contributed by atoms with Gasteiger partial charge in [0, 0.05) is 6.92 Å². The van der Waals surface area contributed by atoms with Gasteiger partial charge in [-0.05, 0) is 0 Å². The third kappa shape index (κ3) is 7.17. The van der Waals surface area contributed by atoms with Gasteiger partial charge in [-0.15, -0.1) is 0 Å². The first-order valence-electron chi connectivity index (χ1n) is 3.08. The van der Waals surface area contributed by atoms with Crippen molar-refractivity contribution in [2.75, 3.05) is 21.1 Å². The van der Waals surface area contributed by atoms with Crippen molar-refractivity contribution >= 4 is 5.97 Å². The van der Waals surface area contributed by atoms with Gasteiger partial charge in [-0.1, -0.05) is 0 Å². The molecule has 0 aromatic rings. The third-order valence-electron chi connectivity index (χ3n) is 0.742. The summed E-state index contributed by atoms with van der Waals surface area (Å²) in [6, 6.07) is 0. The van der Waals surface area contributed by atoms with E-state index in [0.29, 0.717) is 4.48 Å². The average Bonchev–Trinajstić information content (AvgIpc) is 1.59. The first-order chi connectivity index (χ1) is 4.42. The van der Waals surface area contributed by atoms with Crippen LogP contribution in [0.3, 0.4) is 0 Å². The molecule has 0 aromatic heterocycles. The highest BCUT2D eigenvalue weighted by molar-refractivity contribution is 5.66. The first-order valence-corrected chi connectivity index (χ1v) is 3.08. The molecule has 0 N–H and O–H groups in total. The van der Waals surface area contributed by atoms with Crippen molar-refractivity contribution in [3.8, 4) is 0 Å². The van der Waals surface area contributed by atoms with E-state index in [1.54, 1.807) is 6.20 Å². The second-order valence-electron chi connectivity index (χ2n) is 3.01. The summed E-state index contributed by atoms with van der Waals surface area (Å²) in [5.74, 6) is -0.287. The summed E-state index contributed by atoms with van der Waals surface area (Å²) in [5, 5.41) is 0. The molecule has 0 spiro atoms. The van der Waals surface area contributed by atoms with Gasteiger partial charge in [0.1, 0.15) is 12.5 Å². The van der Waals surface area contributed by atoms with Crippen LogP contribution in [0.1, 0.15) is 6.92 Å². The van der Waals surface area contributed by atoms with Crippen molar-refractivity contribution in [1.82, 2.24) is 0 Å². The minimum Gasteiger partial charge on any atom is -0.429 e. The van der Waals surface area contributed by atoms with Gasteiger partial charge in [0.05, 0.1) is 21.1 Å². The van der Waals surface area contributed by atoms with Crippen molar-refractivity contribution in [3.63, 3.8) is 0 Å². The van der Waals surface area contributed by atoms with Crippen molar-refractivity contribution in [1.29, 1.82) is 0 Å². The molecule has 0 fully saturated rings. The number of nitrogens with zero attached hydrogens (tertiary/aromatic N) is 1. The van der Waals surface area contributed by atoms with Crippen molar-refractivity contribution < 1.29 is 14.0 Å². The molecule has 0 aliphatic heterocycles. The van der Waals surface area contributed by atoms with Gasteiger partial charge >= 0.3 is 5.97 Å². The van der Waals surface area contributed by atoms with Crippen LogP contribution in [0.15, 0.2) is 12.5 Å². The van der Waals surface area contributed by atoms with Crippen molar-refractivity contribution in [3.05, 3.63) is 12.5 Å². The van der Waals surface area contributed by atoms with E-state index in [0.717, 1.165) is 0 Å². The minimum absolute atomic E-state index is 0.287. The van der Waals surface area contributed by atoms with Crippen LogP contribution < -0.4 is 0 Å². The standard InChI is InChI=1S/C7H14NO2/c1-7(9)10-6-5-8(2,3)4/h5-6H,1-4H3/q+1/b6-5+.